The number of carbonyl (C=O) groups is 5. The highest BCUT2D eigenvalue weighted by Gasteiger charge is 2.51. The van der Waals surface area contributed by atoms with Gasteiger partial charge in [-0.15, -0.1) is 12.4 Å². The predicted molar refractivity (Wildman–Crippen MR) is 228 cm³/mol. The Labute approximate surface area is 374 Å². The topological polar surface area (TPSA) is 408 Å². The number of nitrogens with zero attached hydrogens (tertiary/aromatic N) is 1. The fourth-order valence-electron chi connectivity index (χ4n) is 7.33. The molecule has 4 heterocycles. The number of guanidine groups is 1. The molecule has 26 nitrogen and oxygen atoms in total. The van der Waals surface area contributed by atoms with E-state index in [1.165, 1.54) is 6.08 Å². The summed E-state index contributed by atoms with van der Waals surface area (Å²) in [5.74, 6) is -0.317. The number of rotatable bonds is 19. The van der Waals surface area contributed by atoms with Crippen molar-refractivity contribution in [1.29, 1.82) is 0 Å². The van der Waals surface area contributed by atoms with Crippen molar-refractivity contribution in [3.05, 3.63) is 35.9 Å². The number of fused-ring (bicyclic) bond motifs is 1. The Hall–Kier alpha value is -5.45. The quantitative estimate of drug-likeness (QED) is 0.0270. The lowest BCUT2D eigenvalue weighted by Gasteiger charge is -2.44. The maximum atomic E-state index is 13.4. The van der Waals surface area contributed by atoms with Gasteiger partial charge in [0.15, 0.2) is 18.5 Å². The second kappa shape index (κ2) is 24.6. The monoisotopic (exact) mass is 929 g/mol. The summed E-state index contributed by atoms with van der Waals surface area (Å²) < 4.78 is 34.6. The molecule has 8 amide bonds. The minimum absolute atomic E-state index is 0. The molecule has 13 atom stereocenters. The summed E-state index contributed by atoms with van der Waals surface area (Å²) in [6.07, 6.45) is -4.84. The second-order valence-electron chi connectivity index (χ2n) is 15.1. The molecule has 358 valence electrons. The van der Waals surface area contributed by atoms with Crippen LogP contribution in [-0.2, 0) is 28.5 Å². The molecular formula is C37H60ClN13O13. The normalized spacial score (nSPS) is 30.9. The van der Waals surface area contributed by atoms with Crippen molar-refractivity contribution in [2.45, 2.75) is 106 Å². The molecule has 0 saturated carbocycles. The third-order valence-corrected chi connectivity index (χ3v) is 10.4. The van der Waals surface area contributed by atoms with E-state index in [0.717, 1.165) is 32.4 Å². The first-order chi connectivity index (χ1) is 30.1. The molecular weight excluding hydrogens is 870 g/mol. The lowest BCUT2D eigenvalue weighted by molar-refractivity contribution is -0.260. The highest BCUT2D eigenvalue weighted by atomic mass is 35.5. The first kappa shape index (κ1) is 51.2. The van der Waals surface area contributed by atoms with Crippen molar-refractivity contribution >= 4 is 54.5 Å². The van der Waals surface area contributed by atoms with Gasteiger partial charge in [0.1, 0.15) is 48.3 Å². The maximum Gasteiger partial charge on any atom is 0.407 e. The number of ether oxygens (including phenoxy) is 6. The third kappa shape index (κ3) is 14.5. The first-order valence-electron chi connectivity index (χ1n) is 20.4. The summed E-state index contributed by atoms with van der Waals surface area (Å²) in [6, 6.07) is -1.96. The average molecular weight is 930 g/mol. The smallest absolute Gasteiger partial charge is 0.407 e. The third-order valence-electron chi connectivity index (χ3n) is 10.4. The largest absolute Gasteiger partial charge is 0.462 e. The van der Waals surface area contributed by atoms with Crippen molar-refractivity contribution in [3.8, 4) is 5.75 Å². The number of aliphatic hydroxyl groups excluding tert-OH is 2. The zero-order valence-corrected chi connectivity index (χ0v) is 35.8. The van der Waals surface area contributed by atoms with Crippen LogP contribution in [0.2, 0.25) is 0 Å². The standard InChI is InChI=1S/C37H59N13O13.ClH/c1-17-23(29(53)27(45-33(39)40)32(60-17)61-19-8-5-18(6-9-19)7-10-22(51)44-14-4-13-43-12-3-2-11-38)48-36(56)50-30-26(47-35(42)55)28(52)21(16-58-30)62-31-25(46-34(41)54)24-20(15-59-31)63-37(57)49-24;/h5-10,17,20-21,23-32,43,52-53H,2-4,11-16,38H2,1H3,(H,44,51)(H,49,57)(H4,39,40,45)(H3,41,46,54)(H3,42,47,55)(H2,48,50,56);1H/b10-7+;. The maximum absolute atomic E-state index is 13.4. The number of benzene rings is 1. The van der Waals surface area contributed by atoms with Crippen LogP contribution in [0.15, 0.2) is 35.3 Å². The van der Waals surface area contributed by atoms with Gasteiger partial charge >= 0.3 is 24.2 Å². The minimum atomic E-state index is -1.60. The van der Waals surface area contributed by atoms with E-state index in [0.29, 0.717) is 24.4 Å². The van der Waals surface area contributed by atoms with Gasteiger partial charge in [-0.05, 0) is 69.6 Å². The number of halogens is 1. The highest BCUT2D eigenvalue weighted by Crippen LogP contribution is 2.29. The van der Waals surface area contributed by atoms with Crippen molar-refractivity contribution in [1.82, 2.24) is 37.2 Å². The Morgan fingerprint density at radius 2 is 1.58 bits per heavy atom. The Kier molecular flexibility index (Phi) is 19.6. The van der Waals surface area contributed by atoms with E-state index in [-0.39, 0.29) is 31.5 Å². The number of aliphatic hydroxyl groups is 2. The molecule has 4 fully saturated rings. The summed E-state index contributed by atoms with van der Waals surface area (Å²) in [5, 5.41) is 41.4. The molecule has 4 saturated heterocycles. The first-order valence-corrected chi connectivity index (χ1v) is 20.4. The van der Waals surface area contributed by atoms with Gasteiger partial charge in [-0.3, -0.25) is 4.79 Å². The molecule has 0 spiro atoms. The molecule has 27 heteroatoms. The van der Waals surface area contributed by atoms with Crippen LogP contribution in [-0.4, -0.2) is 165 Å². The van der Waals surface area contributed by atoms with E-state index in [2.05, 4.69) is 42.2 Å². The number of unbranched alkanes of at least 4 members (excludes halogenated alkanes) is 1. The van der Waals surface area contributed by atoms with Crippen LogP contribution in [0.5, 0.6) is 5.75 Å². The van der Waals surface area contributed by atoms with Crippen LogP contribution in [0.1, 0.15) is 31.7 Å². The van der Waals surface area contributed by atoms with Crippen molar-refractivity contribution in [3.63, 3.8) is 0 Å². The highest BCUT2D eigenvalue weighted by molar-refractivity contribution is 5.91. The average Bonchev–Trinajstić information content (AvgIpc) is 3.62. The number of alkyl carbamates (subject to hydrolysis) is 1. The Morgan fingerprint density at radius 3 is 2.27 bits per heavy atom. The van der Waals surface area contributed by atoms with E-state index in [1.807, 2.05) is 0 Å². The summed E-state index contributed by atoms with van der Waals surface area (Å²) in [7, 11) is 0. The lowest BCUT2D eigenvalue weighted by atomic mass is 9.95. The molecule has 0 aromatic heterocycles. The number of nitrogens with one attached hydrogen (secondary N) is 7. The molecule has 19 N–H and O–H groups in total. The van der Waals surface area contributed by atoms with E-state index >= 15 is 0 Å². The zero-order chi connectivity index (χ0) is 45.6. The van der Waals surface area contributed by atoms with Crippen LogP contribution in [0.4, 0.5) is 19.2 Å². The number of hydrogen-bond acceptors (Lipinski definition) is 16. The van der Waals surface area contributed by atoms with Gasteiger partial charge in [0, 0.05) is 12.6 Å². The molecule has 4 aliphatic rings. The molecule has 64 heavy (non-hydrogen) atoms. The van der Waals surface area contributed by atoms with Crippen LogP contribution in [0, 0.1) is 0 Å². The van der Waals surface area contributed by atoms with E-state index in [4.69, 9.17) is 57.1 Å². The molecule has 4 aliphatic heterocycles. The molecule has 0 bridgehead atoms. The van der Waals surface area contributed by atoms with Gasteiger partial charge < -0.3 is 105 Å². The van der Waals surface area contributed by atoms with Crippen LogP contribution in [0.25, 0.3) is 6.08 Å². The fourth-order valence-corrected chi connectivity index (χ4v) is 7.33. The zero-order valence-electron chi connectivity index (χ0n) is 35.0. The number of hydrogen-bond donors (Lipinski definition) is 14. The summed E-state index contributed by atoms with van der Waals surface area (Å²) in [4.78, 5) is 65.5. The van der Waals surface area contributed by atoms with Gasteiger partial charge in [0.2, 0.25) is 12.2 Å². The van der Waals surface area contributed by atoms with E-state index in [9.17, 15) is 34.2 Å². The summed E-state index contributed by atoms with van der Waals surface area (Å²) >= 11 is 0. The number of carbonyl (C=O) groups excluding carboxylic acids is 5. The number of nitrogens with two attached hydrogens (primary N) is 5. The van der Waals surface area contributed by atoms with E-state index < -0.39 is 110 Å². The number of amides is 8. The van der Waals surface area contributed by atoms with Crippen LogP contribution < -0.4 is 70.6 Å². The van der Waals surface area contributed by atoms with Gasteiger partial charge in [-0.1, -0.05) is 12.1 Å². The number of aliphatic imine (C=N–C) groups is 1. The Morgan fingerprint density at radius 1 is 0.875 bits per heavy atom. The number of urea groups is 3. The molecule has 1 aromatic rings. The Bertz CT molecular complexity index is 1780. The van der Waals surface area contributed by atoms with Crippen molar-refractivity contribution < 1.29 is 62.6 Å². The van der Waals surface area contributed by atoms with Crippen LogP contribution >= 0.6 is 12.4 Å². The van der Waals surface area contributed by atoms with Crippen molar-refractivity contribution in [2.24, 2.45) is 33.7 Å². The lowest BCUT2D eigenvalue weighted by Crippen LogP contribution is -2.70. The fraction of sp³-hybridized carbons (Fsp3) is 0.622. The van der Waals surface area contributed by atoms with Gasteiger partial charge in [-0.2, -0.15) is 0 Å². The van der Waals surface area contributed by atoms with Gasteiger partial charge in [0.05, 0.1) is 31.4 Å². The van der Waals surface area contributed by atoms with Gasteiger partial charge in [0.25, 0.3) is 0 Å². The minimum Gasteiger partial charge on any atom is -0.462 e. The molecule has 0 radical (unpaired) electrons. The SMILES string of the molecule is CC1OC(Oc2ccc(/C=C/C(=O)NCCCNCCCCN)cc2)C(N=C(N)N)C(O)C1NC(=O)NC1OCC(OC2OCC3OC(=O)NC3C2NC(N)=O)C(O)C1NC(N)=O.Cl. The number of primary amides is 2. The van der Waals surface area contributed by atoms with Crippen LogP contribution in [0.3, 0.4) is 0 Å². The second-order valence-corrected chi connectivity index (χ2v) is 15.1. The molecule has 13 unspecified atom stereocenters. The summed E-state index contributed by atoms with van der Waals surface area (Å²) in [5.41, 5.74) is 28.3. The van der Waals surface area contributed by atoms with Gasteiger partial charge in [-0.25, -0.2) is 24.2 Å². The van der Waals surface area contributed by atoms with Crippen molar-refractivity contribution in [2.75, 3.05) is 39.4 Å². The Balaban J connectivity index is 0.00000898. The summed E-state index contributed by atoms with van der Waals surface area (Å²) in [6.45, 7) is 3.91. The predicted octanol–water partition coefficient (Wildman–Crippen LogP) is -4.24. The van der Waals surface area contributed by atoms with E-state index in [1.54, 1.807) is 37.3 Å². The molecule has 1 aromatic carbocycles. The molecule has 5 rings (SSSR count). The molecule has 0 aliphatic carbocycles.